The SMILES string of the molecule is COc1ccc2nc(C(F)(F)C3CC3CCC3CC3)c(=O)[nH]c2c1. The maximum atomic E-state index is 14.8. The maximum absolute atomic E-state index is 14.8. The molecule has 1 heterocycles. The Morgan fingerprint density at radius 3 is 2.83 bits per heavy atom. The summed E-state index contributed by atoms with van der Waals surface area (Å²) in [6.07, 6.45) is 4.85. The number of H-pyrrole nitrogens is 1. The highest BCUT2D eigenvalue weighted by atomic mass is 19.3. The van der Waals surface area contributed by atoms with Gasteiger partial charge in [-0.3, -0.25) is 4.79 Å². The van der Waals surface area contributed by atoms with Crippen LogP contribution in [0.3, 0.4) is 0 Å². The van der Waals surface area contributed by atoms with Crippen LogP contribution in [0.5, 0.6) is 5.75 Å². The van der Waals surface area contributed by atoms with E-state index in [0.29, 0.717) is 23.2 Å². The Morgan fingerprint density at radius 1 is 1.33 bits per heavy atom. The lowest BCUT2D eigenvalue weighted by Crippen LogP contribution is -2.29. The molecule has 2 saturated carbocycles. The number of nitrogens with one attached hydrogen (secondary N) is 1. The van der Waals surface area contributed by atoms with Crippen LogP contribution in [0.1, 0.15) is 37.8 Å². The highest BCUT2D eigenvalue weighted by molar-refractivity contribution is 5.75. The number of hydrogen-bond donors (Lipinski definition) is 1. The second-order valence-corrected chi connectivity index (χ2v) is 7.04. The summed E-state index contributed by atoms with van der Waals surface area (Å²) in [6, 6.07) is 4.81. The number of benzene rings is 1. The van der Waals surface area contributed by atoms with Crippen molar-refractivity contribution in [2.75, 3.05) is 7.11 Å². The molecule has 4 rings (SSSR count). The summed E-state index contributed by atoms with van der Waals surface area (Å²) in [5.74, 6) is -2.61. The van der Waals surface area contributed by atoms with Crippen LogP contribution in [0.25, 0.3) is 11.0 Å². The van der Waals surface area contributed by atoms with E-state index >= 15 is 0 Å². The molecule has 1 N–H and O–H groups in total. The van der Waals surface area contributed by atoms with Gasteiger partial charge in [0.25, 0.3) is 11.5 Å². The molecule has 24 heavy (non-hydrogen) atoms. The highest BCUT2D eigenvalue weighted by Crippen LogP contribution is 2.56. The van der Waals surface area contributed by atoms with Crippen LogP contribution in [0, 0.1) is 17.8 Å². The van der Waals surface area contributed by atoms with E-state index in [1.165, 1.54) is 20.0 Å². The van der Waals surface area contributed by atoms with Gasteiger partial charge in [-0.05, 0) is 36.8 Å². The van der Waals surface area contributed by atoms with Gasteiger partial charge >= 0.3 is 0 Å². The molecule has 4 nitrogen and oxygen atoms in total. The fraction of sp³-hybridized carbons (Fsp3) is 0.556. The standard InChI is InChI=1S/C18H20F2N2O2/c1-24-12-6-7-14-15(9-12)22-17(23)16(21-14)18(19,20)13-8-11(13)5-4-10-2-3-10/h6-7,9-11,13H,2-5,8H2,1H3,(H,22,23). The second-order valence-electron chi connectivity index (χ2n) is 7.04. The smallest absolute Gasteiger partial charge is 0.298 e. The summed E-state index contributed by atoms with van der Waals surface area (Å²) in [5, 5.41) is 0. The number of rotatable bonds is 6. The summed E-state index contributed by atoms with van der Waals surface area (Å²) >= 11 is 0. The van der Waals surface area contributed by atoms with Crippen LogP contribution in [0.4, 0.5) is 8.78 Å². The minimum atomic E-state index is -3.17. The van der Waals surface area contributed by atoms with Gasteiger partial charge in [0, 0.05) is 12.0 Å². The van der Waals surface area contributed by atoms with Gasteiger partial charge in [-0.15, -0.1) is 0 Å². The van der Waals surface area contributed by atoms with Gasteiger partial charge in [0.05, 0.1) is 18.1 Å². The first-order chi connectivity index (χ1) is 11.5. The predicted octanol–water partition coefficient (Wildman–Crippen LogP) is 3.85. The lowest BCUT2D eigenvalue weighted by Gasteiger charge is -2.15. The van der Waals surface area contributed by atoms with Crippen molar-refractivity contribution < 1.29 is 13.5 Å². The topological polar surface area (TPSA) is 55.0 Å². The first-order valence-corrected chi connectivity index (χ1v) is 8.45. The van der Waals surface area contributed by atoms with Gasteiger partial charge in [0.15, 0.2) is 5.69 Å². The van der Waals surface area contributed by atoms with Crippen molar-refractivity contribution in [2.45, 2.75) is 38.0 Å². The molecule has 0 amide bonds. The number of fused-ring (bicyclic) bond motifs is 1. The Morgan fingerprint density at radius 2 is 2.12 bits per heavy atom. The molecule has 1 aromatic carbocycles. The number of methoxy groups -OCH3 is 1. The number of halogens is 2. The quantitative estimate of drug-likeness (QED) is 0.873. The molecule has 6 heteroatoms. The molecule has 2 unspecified atom stereocenters. The predicted molar refractivity (Wildman–Crippen MR) is 86.4 cm³/mol. The molecule has 0 radical (unpaired) electrons. The first kappa shape index (κ1) is 15.5. The third kappa shape index (κ3) is 2.78. The third-order valence-corrected chi connectivity index (χ3v) is 5.25. The number of aromatic amines is 1. The average molecular weight is 334 g/mol. The summed E-state index contributed by atoms with van der Waals surface area (Å²) in [4.78, 5) is 18.7. The minimum absolute atomic E-state index is 0.0216. The minimum Gasteiger partial charge on any atom is -0.497 e. The van der Waals surface area contributed by atoms with E-state index in [1.54, 1.807) is 18.2 Å². The van der Waals surface area contributed by atoms with Crippen LogP contribution in [-0.2, 0) is 5.92 Å². The fourth-order valence-electron chi connectivity index (χ4n) is 3.46. The lowest BCUT2D eigenvalue weighted by molar-refractivity contribution is -0.0396. The Labute approximate surface area is 138 Å². The van der Waals surface area contributed by atoms with Gasteiger partial charge in [-0.1, -0.05) is 19.3 Å². The van der Waals surface area contributed by atoms with Crippen molar-refractivity contribution in [3.63, 3.8) is 0 Å². The number of hydrogen-bond acceptors (Lipinski definition) is 3. The summed E-state index contributed by atoms with van der Waals surface area (Å²) in [7, 11) is 1.50. The number of nitrogens with zero attached hydrogens (tertiary/aromatic N) is 1. The number of ether oxygens (including phenoxy) is 1. The lowest BCUT2D eigenvalue weighted by atomic mass is 10.1. The van der Waals surface area contributed by atoms with E-state index in [1.807, 2.05) is 0 Å². The Hall–Kier alpha value is -1.98. The summed E-state index contributed by atoms with van der Waals surface area (Å²) in [6.45, 7) is 0. The monoisotopic (exact) mass is 334 g/mol. The molecule has 0 aliphatic heterocycles. The van der Waals surface area contributed by atoms with E-state index in [2.05, 4.69) is 9.97 Å². The van der Waals surface area contributed by atoms with Crippen molar-refractivity contribution >= 4 is 11.0 Å². The van der Waals surface area contributed by atoms with E-state index in [9.17, 15) is 13.6 Å². The molecule has 2 atom stereocenters. The van der Waals surface area contributed by atoms with Crippen LogP contribution < -0.4 is 10.3 Å². The van der Waals surface area contributed by atoms with Gasteiger partial charge in [-0.2, -0.15) is 8.78 Å². The molecule has 2 aliphatic rings. The van der Waals surface area contributed by atoms with E-state index in [4.69, 9.17) is 4.74 Å². The molecule has 0 bridgehead atoms. The Balaban J connectivity index is 1.60. The highest BCUT2D eigenvalue weighted by Gasteiger charge is 2.57. The van der Waals surface area contributed by atoms with Crippen molar-refractivity contribution in [2.24, 2.45) is 17.8 Å². The van der Waals surface area contributed by atoms with Crippen LogP contribution in [-0.4, -0.2) is 17.1 Å². The van der Waals surface area contributed by atoms with E-state index < -0.39 is 23.1 Å². The maximum Gasteiger partial charge on any atom is 0.298 e. The van der Waals surface area contributed by atoms with E-state index in [0.717, 1.165) is 18.8 Å². The number of aromatic nitrogens is 2. The molecule has 1 aromatic heterocycles. The molecule has 0 spiro atoms. The molecule has 2 aliphatic carbocycles. The summed E-state index contributed by atoms with van der Waals surface area (Å²) in [5.41, 5.74) is -0.715. The summed E-state index contributed by atoms with van der Waals surface area (Å²) < 4.78 is 34.6. The van der Waals surface area contributed by atoms with Gasteiger partial charge in [-0.25, -0.2) is 4.98 Å². The van der Waals surface area contributed by atoms with Crippen molar-refractivity contribution in [3.8, 4) is 5.75 Å². The van der Waals surface area contributed by atoms with Crippen molar-refractivity contribution in [3.05, 3.63) is 34.2 Å². The zero-order valence-electron chi connectivity index (χ0n) is 13.5. The molecule has 128 valence electrons. The van der Waals surface area contributed by atoms with Crippen molar-refractivity contribution in [1.29, 1.82) is 0 Å². The Bertz CT molecular complexity index is 829. The molecule has 2 fully saturated rings. The normalized spacial score (nSPS) is 23.5. The van der Waals surface area contributed by atoms with E-state index in [-0.39, 0.29) is 5.92 Å². The van der Waals surface area contributed by atoms with Crippen molar-refractivity contribution in [1.82, 2.24) is 9.97 Å². The van der Waals surface area contributed by atoms with Gasteiger partial charge < -0.3 is 9.72 Å². The van der Waals surface area contributed by atoms with Gasteiger partial charge in [0.2, 0.25) is 0 Å². The largest absolute Gasteiger partial charge is 0.497 e. The second kappa shape index (κ2) is 5.53. The average Bonchev–Trinajstić information content (AvgIpc) is 3.45. The fourth-order valence-corrected chi connectivity index (χ4v) is 3.46. The number of alkyl halides is 2. The van der Waals surface area contributed by atoms with Crippen LogP contribution in [0.15, 0.2) is 23.0 Å². The van der Waals surface area contributed by atoms with Gasteiger partial charge in [0.1, 0.15) is 5.75 Å². The first-order valence-electron chi connectivity index (χ1n) is 8.45. The Kier molecular flexibility index (Phi) is 3.58. The molecule has 2 aromatic rings. The zero-order chi connectivity index (χ0) is 16.9. The molecule has 0 saturated heterocycles. The van der Waals surface area contributed by atoms with Crippen LogP contribution >= 0.6 is 0 Å². The zero-order valence-corrected chi connectivity index (χ0v) is 13.5. The molecular formula is C18H20F2N2O2. The van der Waals surface area contributed by atoms with Crippen LogP contribution in [0.2, 0.25) is 0 Å². The molecular weight excluding hydrogens is 314 g/mol. The third-order valence-electron chi connectivity index (χ3n) is 5.25.